The molecule has 0 bridgehead atoms. The summed E-state index contributed by atoms with van der Waals surface area (Å²) in [7, 11) is 0. The molecule has 234 valence electrons. The number of hydrogen-bond acceptors (Lipinski definition) is 7. The summed E-state index contributed by atoms with van der Waals surface area (Å²) in [5.41, 5.74) is 3.22. The zero-order valence-electron chi connectivity index (χ0n) is 25.7. The van der Waals surface area contributed by atoms with Gasteiger partial charge in [0.05, 0.1) is 39.5 Å². The first-order chi connectivity index (χ1) is 20.4. The molecule has 0 spiro atoms. The van der Waals surface area contributed by atoms with Gasteiger partial charge in [-0.05, 0) is 67.6 Å². The van der Waals surface area contributed by atoms with Crippen molar-refractivity contribution in [3.63, 3.8) is 0 Å². The van der Waals surface area contributed by atoms with Crippen LogP contribution in [0.1, 0.15) is 88.0 Å². The number of aliphatic carboxylic acids is 1. The van der Waals surface area contributed by atoms with Crippen LogP contribution >= 0.6 is 0 Å². The van der Waals surface area contributed by atoms with E-state index in [0.717, 1.165) is 88.0 Å². The van der Waals surface area contributed by atoms with Gasteiger partial charge >= 0.3 is 5.97 Å². The SMILES string of the molecule is CC(C)CCOCCOCCOCCn1cc([C@H](CCCCCCc2ccc3c(n2)NCCC3)CC(=O)O)ccc1=O. The lowest BCUT2D eigenvalue weighted by atomic mass is 9.91. The largest absolute Gasteiger partial charge is 0.481 e. The van der Waals surface area contributed by atoms with Gasteiger partial charge in [0.25, 0.3) is 5.56 Å². The Morgan fingerprint density at radius 1 is 0.952 bits per heavy atom. The summed E-state index contributed by atoms with van der Waals surface area (Å²) >= 11 is 0. The number of fused-ring (bicyclic) bond motifs is 1. The third-order valence-electron chi connectivity index (χ3n) is 7.65. The zero-order valence-corrected chi connectivity index (χ0v) is 25.7. The highest BCUT2D eigenvalue weighted by atomic mass is 16.5. The second kappa shape index (κ2) is 19.4. The molecule has 0 amide bonds. The molecule has 42 heavy (non-hydrogen) atoms. The first kappa shape index (κ1) is 33.7. The smallest absolute Gasteiger partial charge is 0.303 e. The van der Waals surface area contributed by atoms with E-state index < -0.39 is 5.97 Å². The Balaban J connectivity index is 1.34. The van der Waals surface area contributed by atoms with E-state index in [1.807, 2.05) is 0 Å². The fourth-order valence-corrected chi connectivity index (χ4v) is 5.15. The van der Waals surface area contributed by atoms with Crippen LogP contribution in [0.5, 0.6) is 0 Å². The second-order valence-electron chi connectivity index (χ2n) is 11.6. The Hall–Kier alpha value is -2.75. The number of aromatic nitrogens is 2. The van der Waals surface area contributed by atoms with Crippen LogP contribution in [-0.2, 0) is 38.4 Å². The molecule has 0 fully saturated rings. The van der Waals surface area contributed by atoms with Crippen LogP contribution in [0.25, 0.3) is 0 Å². The first-order valence-corrected chi connectivity index (χ1v) is 15.8. The van der Waals surface area contributed by atoms with Gasteiger partial charge in [0.1, 0.15) is 5.82 Å². The van der Waals surface area contributed by atoms with Crippen LogP contribution in [-0.4, -0.2) is 66.8 Å². The fraction of sp³-hybridized carbons (Fsp3) is 0.667. The van der Waals surface area contributed by atoms with Crippen LogP contribution in [0.15, 0.2) is 35.3 Å². The van der Waals surface area contributed by atoms with E-state index in [-0.39, 0.29) is 17.9 Å². The summed E-state index contributed by atoms with van der Waals surface area (Å²) in [6.07, 6.45) is 11.0. The Morgan fingerprint density at radius 3 is 2.45 bits per heavy atom. The molecule has 3 rings (SSSR count). The van der Waals surface area contributed by atoms with E-state index in [2.05, 4.69) is 31.3 Å². The normalized spacial score (nSPS) is 13.6. The van der Waals surface area contributed by atoms with Gasteiger partial charge in [0.15, 0.2) is 0 Å². The third-order valence-corrected chi connectivity index (χ3v) is 7.65. The number of aryl methyl sites for hydroxylation is 2. The quantitative estimate of drug-likeness (QED) is 0.176. The van der Waals surface area contributed by atoms with Crippen molar-refractivity contribution in [2.45, 2.75) is 90.5 Å². The standard InChI is InChI=1S/C33H51N3O6/c1-26(2)15-18-40-20-22-42-23-21-41-19-17-36-25-29(12-14-31(36)37)28(24-32(38)39)8-5-3-4-6-10-30-13-11-27-9-7-16-34-33(27)35-30/h11-14,25-26,28H,3-10,15-24H2,1-2H3,(H,34,35)(H,38,39)/t28-/m1/s1. The van der Waals surface area contributed by atoms with Crippen LogP contribution in [0.2, 0.25) is 0 Å². The van der Waals surface area contributed by atoms with Crippen LogP contribution in [0.3, 0.4) is 0 Å². The maximum atomic E-state index is 12.4. The average molecular weight is 586 g/mol. The van der Waals surface area contributed by atoms with Crippen molar-refractivity contribution in [1.29, 1.82) is 0 Å². The molecule has 2 N–H and O–H groups in total. The number of pyridine rings is 2. The summed E-state index contributed by atoms with van der Waals surface area (Å²) in [5, 5.41) is 12.9. The topological polar surface area (TPSA) is 112 Å². The number of hydrogen-bond donors (Lipinski definition) is 2. The second-order valence-corrected chi connectivity index (χ2v) is 11.6. The zero-order chi connectivity index (χ0) is 30.0. The summed E-state index contributed by atoms with van der Waals surface area (Å²) < 4.78 is 18.3. The van der Waals surface area contributed by atoms with Gasteiger partial charge < -0.3 is 29.2 Å². The number of rotatable bonds is 22. The Bertz CT molecular complexity index is 1120. The van der Waals surface area contributed by atoms with Gasteiger partial charge in [-0.15, -0.1) is 0 Å². The molecular formula is C33H51N3O6. The summed E-state index contributed by atoms with van der Waals surface area (Å²) in [6, 6.07) is 7.66. The summed E-state index contributed by atoms with van der Waals surface area (Å²) in [4.78, 5) is 28.8. The average Bonchev–Trinajstić information content (AvgIpc) is 2.97. The Morgan fingerprint density at radius 2 is 1.69 bits per heavy atom. The number of carboxylic acid groups (broad SMARTS) is 1. The monoisotopic (exact) mass is 585 g/mol. The highest BCUT2D eigenvalue weighted by molar-refractivity contribution is 5.68. The van der Waals surface area contributed by atoms with Crippen molar-refractivity contribution < 1.29 is 24.1 Å². The Labute approximate surface area is 251 Å². The molecule has 0 radical (unpaired) electrons. The van der Waals surface area contributed by atoms with Crippen LogP contribution in [0.4, 0.5) is 5.82 Å². The van der Waals surface area contributed by atoms with Gasteiger partial charge in [0.2, 0.25) is 0 Å². The van der Waals surface area contributed by atoms with Crippen molar-refractivity contribution in [2.75, 3.05) is 51.5 Å². The molecule has 9 nitrogen and oxygen atoms in total. The van der Waals surface area contributed by atoms with Crippen molar-refractivity contribution >= 4 is 11.8 Å². The molecule has 0 aromatic carbocycles. The van der Waals surface area contributed by atoms with E-state index in [1.54, 1.807) is 16.8 Å². The van der Waals surface area contributed by atoms with E-state index in [9.17, 15) is 14.7 Å². The summed E-state index contributed by atoms with van der Waals surface area (Å²) in [6.45, 7) is 8.94. The molecular weight excluding hydrogens is 534 g/mol. The van der Waals surface area contributed by atoms with E-state index in [0.29, 0.717) is 45.5 Å². The minimum atomic E-state index is -0.821. The highest BCUT2D eigenvalue weighted by Crippen LogP contribution is 2.26. The molecule has 9 heteroatoms. The molecule has 2 aromatic heterocycles. The van der Waals surface area contributed by atoms with Gasteiger partial charge in [-0.1, -0.05) is 45.2 Å². The molecule has 1 aliphatic rings. The molecule has 0 saturated carbocycles. The molecule has 0 aliphatic carbocycles. The van der Waals surface area contributed by atoms with E-state index in [4.69, 9.17) is 19.2 Å². The maximum absolute atomic E-state index is 12.4. The minimum absolute atomic E-state index is 0.0548. The fourth-order valence-electron chi connectivity index (χ4n) is 5.15. The number of nitrogens with zero attached hydrogens (tertiary/aromatic N) is 2. The lowest BCUT2D eigenvalue weighted by molar-refractivity contribution is -0.137. The van der Waals surface area contributed by atoms with Crippen molar-refractivity contribution in [3.8, 4) is 0 Å². The minimum Gasteiger partial charge on any atom is -0.481 e. The van der Waals surface area contributed by atoms with Gasteiger partial charge in [0, 0.05) is 37.7 Å². The van der Waals surface area contributed by atoms with Gasteiger partial charge in [-0.3, -0.25) is 9.59 Å². The molecule has 3 heterocycles. The highest BCUT2D eigenvalue weighted by Gasteiger charge is 2.17. The predicted octanol–water partition coefficient (Wildman–Crippen LogP) is 5.45. The van der Waals surface area contributed by atoms with E-state index >= 15 is 0 Å². The van der Waals surface area contributed by atoms with Crippen LogP contribution < -0.4 is 10.9 Å². The van der Waals surface area contributed by atoms with E-state index in [1.165, 1.54) is 11.6 Å². The molecule has 1 atom stereocenters. The Kier molecular flexibility index (Phi) is 15.6. The van der Waals surface area contributed by atoms with Crippen molar-refractivity contribution in [2.24, 2.45) is 5.92 Å². The number of carboxylic acids is 1. The number of nitrogens with one attached hydrogen (secondary N) is 1. The predicted molar refractivity (Wildman–Crippen MR) is 165 cm³/mol. The number of anilines is 1. The van der Waals surface area contributed by atoms with Gasteiger partial charge in [-0.2, -0.15) is 0 Å². The molecule has 0 unspecified atom stereocenters. The first-order valence-electron chi connectivity index (χ1n) is 15.8. The van der Waals surface area contributed by atoms with Crippen molar-refractivity contribution in [3.05, 3.63) is 57.6 Å². The van der Waals surface area contributed by atoms with Gasteiger partial charge in [-0.25, -0.2) is 4.98 Å². The molecule has 0 saturated heterocycles. The number of unbranched alkanes of at least 4 members (excludes halogenated alkanes) is 3. The lowest BCUT2D eigenvalue weighted by Gasteiger charge is -2.18. The number of carbonyl (C=O) groups is 1. The third kappa shape index (κ3) is 13.0. The lowest BCUT2D eigenvalue weighted by Crippen LogP contribution is -2.23. The molecule has 1 aliphatic heterocycles. The molecule has 2 aromatic rings. The van der Waals surface area contributed by atoms with Crippen LogP contribution in [0, 0.1) is 5.92 Å². The van der Waals surface area contributed by atoms with Crippen molar-refractivity contribution in [1.82, 2.24) is 9.55 Å². The number of ether oxygens (including phenoxy) is 3. The summed E-state index contributed by atoms with van der Waals surface area (Å²) in [5.74, 6) is 0.738. The maximum Gasteiger partial charge on any atom is 0.303 e.